The van der Waals surface area contributed by atoms with Crippen LogP contribution in [0.3, 0.4) is 0 Å². The molecule has 0 spiro atoms. The van der Waals surface area contributed by atoms with E-state index in [2.05, 4.69) is 19.6 Å². The summed E-state index contributed by atoms with van der Waals surface area (Å²) in [6, 6.07) is 0. The molecule has 0 rings (SSSR count). The molecule has 0 saturated carbocycles. The fourth-order valence-corrected chi connectivity index (χ4v) is 1.94. The molecule has 0 fully saturated rings. The molecule has 0 aliphatic carbocycles. The minimum absolute atomic E-state index is 0.117. The number of hydrogen-bond donors (Lipinski definition) is 0. The Labute approximate surface area is 119 Å². The third-order valence-corrected chi connectivity index (χ3v) is 3.10. The molecule has 1 heteroatoms. The molecule has 0 bridgehead atoms. The van der Waals surface area contributed by atoms with Gasteiger partial charge in [-0.1, -0.05) is 76.2 Å². The third-order valence-electron chi connectivity index (χ3n) is 3.10. The van der Waals surface area contributed by atoms with Crippen LogP contribution in [-0.2, 0) is 4.79 Å². The SMILES string of the molecule is C=CCC(=O)C=CC=CCCCCCCCCCC. The molecule has 0 aliphatic heterocycles. The smallest absolute Gasteiger partial charge is 0.159 e. The fraction of sp³-hybridized carbons (Fsp3) is 0.611. The van der Waals surface area contributed by atoms with Crippen molar-refractivity contribution in [1.82, 2.24) is 0 Å². The molecule has 19 heavy (non-hydrogen) atoms. The Morgan fingerprint density at radius 1 is 0.947 bits per heavy atom. The van der Waals surface area contributed by atoms with Crippen LogP contribution in [0.2, 0.25) is 0 Å². The lowest BCUT2D eigenvalue weighted by molar-refractivity contribution is -0.113. The Morgan fingerprint density at radius 3 is 2.21 bits per heavy atom. The summed E-state index contributed by atoms with van der Waals surface area (Å²) in [7, 11) is 0. The van der Waals surface area contributed by atoms with Crippen molar-refractivity contribution in [2.45, 2.75) is 71.1 Å². The van der Waals surface area contributed by atoms with Crippen molar-refractivity contribution in [3.05, 3.63) is 37.0 Å². The summed E-state index contributed by atoms with van der Waals surface area (Å²) in [5.74, 6) is 0.117. The quantitative estimate of drug-likeness (QED) is 0.178. The zero-order valence-electron chi connectivity index (χ0n) is 12.6. The van der Waals surface area contributed by atoms with Crippen molar-refractivity contribution >= 4 is 5.78 Å². The summed E-state index contributed by atoms with van der Waals surface area (Å²) >= 11 is 0. The molecule has 0 radical (unpaired) electrons. The van der Waals surface area contributed by atoms with E-state index < -0.39 is 0 Å². The number of hydrogen-bond acceptors (Lipinski definition) is 1. The first-order valence-electron chi connectivity index (χ1n) is 7.78. The summed E-state index contributed by atoms with van der Waals surface area (Å²) in [5, 5.41) is 0. The van der Waals surface area contributed by atoms with E-state index in [1.54, 1.807) is 12.2 Å². The zero-order valence-corrected chi connectivity index (χ0v) is 12.6. The van der Waals surface area contributed by atoms with E-state index in [1.807, 2.05) is 12.2 Å². The highest BCUT2D eigenvalue weighted by Gasteiger charge is 1.90. The molecule has 0 N–H and O–H groups in total. The molecule has 0 aromatic rings. The van der Waals surface area contributed by atoms with E-state index in [9.17, 15) is 4.79 Å². The van der Waals surface area contributed by atoms with Gasteiger partial charge >= 0.3 is 0 Å². The lowest BCUT2D eigenvalue weighted by Crippen LogP contribution is -1.86. The Bertz CT molecular complexity index is 273. The predicted molar refractivity (Wildman–Crippen MR) is 85.3 cm³/mol. The van der Waals surface area contributed by atoms with Crippen molar-refractivity contribution in [1.29, 1.82) is 0 Å². The number of allylic oxidation sites excluding steroid dienone is 5. The highest BCUT2D eigenvalue weighted by molar-refractivity contribution is 5.90. The molecule has 108 valence electrons. The monoisotopic (exact) mass is 262 g/mol. The Morgan fingerprint density at radius 2 is 1.58 bits per heavy atom. The van der Waals surface area contributed by atoms with Crippen LogP contribution in [0.15, 0.2) is 37.0 Å². The van der Waals surface area contributed by atoms with Crippen LogP contribution >= 0.6 is 0 Å². The topological polar surface area (TPSA) is 17.1 Å². The Kier molecular flexibility index (Phi) is 14.1. The van der Waals surface area contributed by atoms with Crippen molar-refractivity contribution in [2.24, 2.45) is 0 Å². The van der Waals surface area contributed by atoms with E-state index in [-0.39, 0.29) is 5.78 Å². The van der Waals surface area contributed by atoms with Gasteiger partial charge in [0.2, 0.25) is 0 Å². The number of carbonyl (C=O) groups is 1. The minimum atomic E-state index is 0.117. The largest absolute Gasteiger partial charge is 0.295 e. The van der Waals surface area contributed by atoms with Crippen molar-refractivity contribution in [2.75, 3.05) is 0 Å². The number of carbonyl (C=O) groups excluding carboxylic acids is 1. The first kappa shape index (κ1) is 17.9. The molecule has 0 amide bonds. The van der Waals surface area contributed by atoms with Crippen LogP contribution in [0.25, 0.3) is 0 Å². The normalized spacial score (nSPS) is 11.4. The molecule has 0 unspecified atom stereocenters. The van der Waals surface area contributed by atoms with Gasteiger partial charge in [0.25, 0.3) is 0 Å². The molecular weight excluding hydrogens is 232 g/mol. The third kappa shape index (κ3) is 14.8. The molecule has 0 saturated heterocycles. The van der Waals surface area contributed by atoms with Gasteiger partial charge in [-0.25, -0.2) is 0 Å². The van der Waals surface area contributed by atoms with Gasteiger partial charge in [0.1, 0.15) is 0 Å². The average Bonchev–Trinajstić information content (AvgIpc) is 2.40. The second kappa shape index (κ2) is 14.9. The first-order chi connectivity index (χ1) is 9.31. The molecule has 0 heterocycles. The van der Waals surface area contributed by atoms with Crippen molar-refractivity contribution in [3.63, 3.8) is 0 Å². The van der Waals surface area contributed by atoms with Gasteiger partial charge in [0.15, 0.2) is 5.78 Å². The molecule has 0 aliphatic rings. The molecular formula is C18H30O. The lowest BCUT2D eigenvalue weighted by atomic mass is 10.1. The fourth-order valence-electron chi connectivity index (χ4n) is 1.94. The van der Waals surface area contributed by atoms with Crippen molar-refractivity contribution in [3.8, 4) is 0 Å². The van der Waals surface area contributed by atoms with Crippen LogP contribution in [0.4, 0.5) is 0 Å². The molecule has 1 nitrogen and oxygen atoms in total. The molecule has 0 aromatic carbocycles. The van der Waals surface area contributed by atoms with Crippen molar-refractivity contribution < 1.29 is 4.79 Å². The van der Waals surface area contributed by atoms with Gasteiger partial charge < -0.3 is 0 Å². The number of rotatable bonds is 13. The molecule has 0 aromatic heterocycles. The highest BCUT2D eigenvalue weighted by atomic mass is 16.1. The molecule has 0 atom stereocenters. The number of unbranched alkanes of at least 4 members (excludes halogenated alkanes) is 8. The van der Waals surface area contributed by atoms with Gasteiger partial charge in [0.05, 0.1) is 0 Å². The highest BCUT2D eigenvalue weighted by Crippen LogP contribution is 2.09. The van der Waals surface area contributed by atoms with E-state index >= 15 is 0 Å². The first-order valence-corrected chi connectivity index (χ1v) is 7.78. The van der Waals surface area contributed by atoms with Gasteiger partial charge in [-0.2, -0.15) is 0 Å². The van der Waals surface area contributed by atoms with Crippen LogP contribution in [0, 0.1) is 0 Å². The van der Waals surface area contributed by atoms with E-state index in [0.29, 0.717) is 6.42 Å². The maximum atomic E-state index is 11.1. The van der Waals surface area contributed by atoms with Crippen LogP contribution in [0.1, 0.15) is 71.1 Å². The summed E-state index contributed by atoms with van der Waals surface area (Å²) in [4.78, 5) is 11.1. The standard InChI is InChI=1S/C18H30O/c1-3-5-6-7-8-9-10-11-12-13-14-15-17-18(19)16-4-2/h4,13-15,17H,2-3,5-12,16H2,1H3. The Hall–Kier alpha value is -1.11. The summed E-state index contributed by atoms with van der Waals surface area (Å²) < 4.78 is 0. The van der Waals surface area contributed by atoms with E-state index in [4.69, 9.17) is 0 Å². The van der Waals surface area contributed by atoms with E-state index in [0.717, 1.165) is 6.42 Å². The summed E-state index contributed by atoms with van der Waals surface area (Å²) in [6.07, 6.45) is 21.6. The van der Waals surface area contributed by atoms with Gasteiger partial charge in [-0.3, -0.25) is 4.79 Å². The maximum Gasteiger partial charge on any atom is 0.159 e. The zero-order chi connectivity index (χ0) is 14.2. The van der Waals surface area contributed by atoms with Gasteiger partial charge in [0, 0.05) is 6.42 Å². The number of ketones is 1. The predicted octanol–water partition coefficient (Wildman–Crippen LogP) is 5.77. The minimum Gasteiger partial charge on any atom is -0.295 e. The summed E-state index contributed by atoms with van der Waals surface area (Å²) in [6.45, 7) is 5.79. The van der Waals surface area contributed by atoms with Gasteiger partial charge in [-0.05, 0) is 18.9 Å². The second-order valence-corrected chi connectivity index (χ2v) is 5.01. The lowest BCUT2D eigenvalue weighted by Gasteiger charge is -1.99. The summed E-state index contributed by atoms with van der Waals surface area (Å²) in [5.41, 5.74) is 0. The average molecular weight is 262 g/mol. The van der Waals surface area contributed by atoms with Crippen LogP contribution < -0.4 is 0 Å². The maximum absolute atomic E-state index is 11.1. The van der Waals surface area contributed by atoms with Crippen LogP contribution in [0.5, 0.6) is 0 Å². The van der Waals surface area contributed by atoms with Crippen LogP contribution in [-0.4, -0.2) is 5.78 Å². The Balaban J connectivity index is 3.29. The van der Waals surface area contributed by atoms with Gasteiger partial charge in [-0.15, -0.1) is 6.58 Å². The van der Waals surface area contributed by atoms with E-state index in [1.165, 1.54) is 51.4 Å². The second-order valence-electron chi connectivity index (χ2n) is 5.01.